The molecule has 0 unspecified atom stereocenters. The number of carbonyl (C=O) groups is 1. The minimum atomic E-state index is -0.210. The molecule has 1 aliphatic heterocycles. The van der Waals surface area contributed by atoms with E-state index in [9.17, 15) is 9.59 Å². The maximum absolute atomic E-state index is 13.1. The van der Waals surface area contributed by atoms with Gasteiger partial charge in [-0.2, -0.15) is 0 Å². The fourth-order valence-corrected chi connectivity index (χ4v) is 3.97. The van der Waals surface area contributed by atoms with Crippen molar-refractivity contribution in [2.45, 2.75) is 39.2 Å². The average molecular weight is 383 g/mol. The number of pyridine rings is 1. The first-order valence-electron chi connectivity index (χ1n) is 9.84. The van der Waals surface area contributed by atoms with Gasteiger partial charge in [0.05, 0.1) is 7.11 Å². The van der Waals surface area contributed by atoms with Crippen LogP contribution in [0.15, 0.2) is 35.1 Å². The molecule has 0 aliphatic carbocycles. The van der Waals surface area contributed by atoms with Crippen LogP contribution in [0.25, 0.3) is 0 Å². The van der Waals surface area contributed by atoms with E-state index in [2.05, 4.69) is 5.32 Å². The monoisotopic (exact) mass is 383 g/mol. The molecule has 1 amide bonds. The molecule has 1 fully saturated rings. The summed E-state index contributed by atoms with van der Waals surface area (Å²) in [5.41, 5.74) is 3.01. The zero-order chi connectivity index (χ0) is 20.3. The number of nitrogens with one attached hydrogen (secondary N) is 1. The molecule has 6 heteroatoms. The lowest BCUT2D eigenvalue weighted by Crippen LogP contribution is -2.46. The first-order valence-corrected chi connectivity index (χ1v) is 9.84. The summed E-state index contributed by atoms with van der Waals surface area (Å²) >= 11 is 0. The van der Waals surface area contributed by atoms with Gasteiger partial charge in [-0.15, -0.1) is 0 Å². The normalized spacial score (nSPS) is 16.7. The Hall–Kier alpha value is -2.76. The number of likely N-dealkylation sites (tertiary alicyclic amines) is 1. The number of hydrogen-bond donors (Lipinski definition) is 1. The van der Waals surface area contributed by atoms with E-state index in [1.165, 1.54) is 0 Å². The van der Waals surface area contributed by atoms with Gasteiger partial charge >= 0.3 is 0 Å². The molecule has 3 rings (SSSR count). The van der Waals surface area contributed by atoms with Gasteiger partial charge in [0, 0.05) is 37.6 Å². The summed E-state index contributed by atoms with van der Waals surface area (Å²) in [6, 6.07) is 9.69. The highest BCUT2D eigenvalue weighted by molar-refractivity contribution is 5.94. The third-order valence-electron chi connectivity index (χ3n) is 5.49. The Morgan fingerprint density at radius 1 is 1.29 bits per heavy atom. The summed E-state index contributed by atoms with van der Waals surface area (Å²) in [5.74, 6) is 0.639. The molecular weight excluding hydrogens is 354 g/mol. The number of amides is 1. The number of rotatable bonds is 5. The van der Waals surface area contributed by atoms with Crippen molar-refractivity contribution in [1.82, 2.24) is 9.47 Å². The molecule has 28 heavy (non-hydrogen) atoms. The minimum absolute atomic E-state index is 0.158. The molecule has 1 N–H and O–H groups in total. The predicted octanol–water partition coefficient (Wildman–Crippen LogP) is 2.98. The molecule has 1 saturated heterocycles. The standard InChI is InChI=1S/C22H29N3O3/c1-5-20-15(2)13-19(21(26)24(20)3)22(27)25-12-6-7-17(14-25)23-16-8-10-18(28-4)11-9-16/h8-11,13,17,23H,5-7,12,14H2,1-4H3/t17-/m0/s1. The Labute approximate surface area is 166 Å². The third-order valence-corrected chi connectivity index (χ3v) is 5.49. The number of piperidine rings is 1. The summed E-state index contributed by atoms with van der Waals surface area (Å²) in [5, 5.41) is 3.49. The number of nitrogens with zero attached hydrogens (tertiary/aromatic N) is 2. The minimum Gasteiger partial charge on any atom is -0.497 e. The zero-order valence-corrected chi connectivity index (χ0v) is 17.1. The second-order valence-electron chi connectivity index (χ2n) is 7.37. The highest BCUT2D eigenvalue weighted by atomic mass is 16.5. The molecular formula is C22H29N3O3. The lowest BCUT2D eigenvalue weighted by atomic mass is 10.0. The van der Waals surface area contributed by atoms with Crippen LogP contribution in [0.3, 0.4) is 0 Å². The first kappa shape index (κ1) is 20.0. The van der Waals surface area contributed by atoms with Crippen molar-refractivity contribution < 1.29 is 9.53 Å². The Morgan fingerprint density at radius 2 is 2.00 bits per heavy atom. The van der Waals surface area contributed by atoms with Crippen LogP contribution in [0, 0.1) is 6.92 Å². The van der Waals surface area contributed by atoms with E-state index in [0.717, 1.165) is 42.0 Å². The Kier molecular flexibility index (Phi) is 6.07. The summed E-state index contributed by atoms with van der Waals surface area (Å²) in [6.45, 7) is 5.24. The van der Waals surface area contributed by atoms with E-state index < -0.39 is 0 Å². The van der Waals surface area contributed by atoms with Gasteiger partial charge in [-0.1, -0.05) is 6.92 Å². The summed E-state index contributed by atoms with van der Waals surface area (Å²) in [6.07, 6.45) is 2.66. The predicted molar refractivity (Wildman–Crippen MR) is 111 cm³/mol. The number of aryl methyl sites for hydroxylation is 1. The van der Waals surface area contributed by atoms with Crippen molar-refractivity contribution >= 4 is 11.6 Å². The number of carbonyl (C=O) groups excluding carboxylic acids is 1. The second-order valence-corrected chi connectivity index (χ2v) is 7.37. The van der Waals surface area contributed by atoms with Crippen LogP contribution < -0.4 is 15.6 Å². The summed E-state index contributed by atoms with van der Waals surface area (Å²) in [7, 11) is 3.39. The van der Waals surface area contributed by atoms with Crippen molar-refractivity contribution in [3.63, 3.8) is 0 Å². The van der Waals surface area contributed by atoms with Crippen molar-refractivity contribution in [2.75, 3.05) is 25.5 Å². The van der Waals surface area contributed by atoms with Gasteiger partial charge in [0.2, 0.25) is 0 Å². The number of anilines is 1. The summed E-state index contributed by atoms with van der Waals surface area (Å²) in [4.78, 5) is 27.6. The van der Waals surface area contributed by atoms with Crippen LogP contribution in [-0.4, -0.2) is 41.6 Å². The molecule has 1 aromatic heterocycles. The van der Waals surface area contributed by atoms with Crippen molar-refractivity contribution in [1.29, 1.82) is 0 Å². The van der Waals surface area contributed by atoms with Gasteiger partial charge in [0.1, 0.15) is 11.3 Å². The zero-order valence-electron chi connectivity index (χ0n) is 17.1. The SMILES string of the molecule is CCc1c(C)cc(C(=O)N2CCC[C@H](Nc3ccc(OC)cc3)C2)c(=O)n1C. The van der Waals surface area contributed by atoms with Gasteiger partial charge in [0.15, 0.2) is 0 Å². The van der Waals surface area contributed by atoms with E-state index >= 15 is 0 Å². The highest BCUT2D eigenvalue weighted by Crippen LogP contribution is 2.20. The highest BCUT2D eigenvalue weighted by Gasteiger charge is 2.27. The number of aromatic nitrogens is 1. The lowest BCUT2D eigenvalue weighted by molar-refractivity contribution is 0.0712. The number of hydrogen-bond acceptors (Lipinski definition) is 4. The van der Waals surface area contributed by atoms with E-state index in [1.807, 2.05) is 38.1 Å². The van der Waals surface area contributed by atoms with Crippen molar-refractivity contribution in [3.8, 4) is 5.75 Å². The topological polar surface area (TPSA) is 63.6 Å². The first-order chi connectivity index (χ1) is 13.4. The number of ether oxygens (including phenoxy) is 1. The molecule has 1 aliphatic rings. The molecule has 2 heterocycles. The molecule has 150 valence electrons. The largest absolute Gasteiger partial charge is 0.497 e. The molecule has 0 spiro atoms. The fourth-order valence-electron chi connectivity index (χ4n) is 3.97. The molecule has 0 radical (unpaired) electrons. The smallest absolute Gasteiger partial charge is 0.263 e. The maximum Gasteiger partial charge on any atom is 0.263 e. The summed E-state index contributed by atoms with van der Waals surface area (Å²) < 4.78 is 6.80. The molecule has 1 atom stereocenters. The van der Waals surface area contributed by atoms with Gasteiger partial charge in [0.25, 0.3) is 11.5 Å². The van der Waals surface area contributed by atoms with Gasteiger partial charge in [-0.25, -0.2) is 0 Å². The quantitative estimate of drug-likeness (QED) is 0.862. The van der Waals surface area contributed by atoms with Gasteiger partial charge in [-0.3, -0.25) is 9.59 Å². The Bertz CT molecular complexity index is 902. The molecule has 2 aromatic rings. The molecule has 0 bridgehead atoms. The van der Waals surface area contributed by atoms with Gasteiger partial charge < -0.3 is 19.5 Å². The van der Waals surface area contributed by atoms with E-state index in [0.29, 0.717) is 13.1 Å². The third kappa shape index (κ3) is 4.06. The van der Waals surface area contributed by atoms with Crippen molar-refractivity contribution in [3.05, 3.63) is 57.5 Å². The average Bonchev–Trinajstić information content (AvgIpc) is 2.71. The Balaban J connectivity index is 1.75. The van der Waals surface area contributed by atoms with Crippen LogP contribution in [0.1, 0.15) is 41.4 Å². The van der Waals surface area contributed by atoms with Crippen LogP contribution in [-0.2, 0) is 13.5 Å². The van der Waals surface area contributed by atoms with Crippen LogP contribution in [0.4, 0.5) is 5.69 Å². The molecule has 1 aromatic carbocycles. The van der Waals surface area contributed by atoms with E-state index in [-0.39, 0.29) is 23.1 Å². The second kappa shape index (κ2) is 8.50. The maximum atomic E-state index is 13.1. The van der Waals surface area contributed by atoms with Crippen LogP contribution in [0.2, 0.25) is 0 Å². The number of methoxy groups -OCH3 is 1. The van der Waals surface area contributed by atoms with E-state index in [4.69, 9.17) is 4.74 Å². The van der Waals surface area contributed by atoms with Crippen LogP contribution >= 0.6 is 0 Å². The van der Waals surface area contributed by atoms with Gasteiger partial charge in [-0.05, 0) is 62.1 Å². The number of benzene rings is 1. The lowest BCUT2D eigenvalue weighted by Gasteiger charge is -2.34. The Morgan fingerprint density at radius 3 is 2.64 bits per heavy atom. The molecule has 6 nitrogen and oxygen atoms in total. The van der Waals surface area contributed by atoms with Crippen molar-refractivity contribution in [2.24, 2.45) is 7.05 Å². The fraction of sp³-hybridized carbons (Fsp3) is 0.455. The van der Waals surface area contributed by atoms with Crippen LogP contribution in [0.5, 0.6) is 5.75 Å². The van der Waals surface area contributed by atoms with E-state index in [1.54, 1.807) is 29.7 Å². The molecule has 0 saturated carbocycles.